The number of halogens is 1. The van der Waals surface area contributed by atoms with Gasteiger partial charge in [-0.15, -0.1) is 5.10 Å². The summed E-state index contributed by atoms with van der Waals surface area (Å²) < 4.78 is 16.7. The molecular weight excluding hydrogens is 649 g/mol. The van der Waals surface area contributed by atoms with Crippen molar-refractivity contribution in [1.82, 2.24) is 30.8 Å². The number of benzene rings is 3. The van der Waals surface area contributed by atoms with Crippen molar-refractivity contribution in [3.63, 3.8) is 0 Å². The van der Waals surface area contributed by atoms with Crippen molar-refractivity contribution < 1.29 is 19.5 Å². The van der Waals surface area contributed by atoms with Gasteiger partial charge in [0.25, 0.3) is 5.91 Å². The third-order valence-corrected chi connectivity index (χ3v) is 8.82. The van der Waals surface area contributed by atoms with E-state index in [-0.39, 0.29) is 18.2 Å². The molecule has 1 aliphatic rings. The standard InChI is InChI=1S/C38H36FN9O3/c1-38(2,50)23-48-34-11-10-26(18-33(34)44-46-48)31-22-43-37(30(20-41)36(31)27-8-9-28(19-40)32(39)17-27)47-15-13-29(14-16-47)42-21-25-5-3-24(4-6-25)7-12-35(49)45-51/h3-12,17-18,22,29,42,50-51H,13-16,21,23H2,1-2H3,(H,45,49)/b12-7+. The van der Waals surface area contributed by atoms with Crippen LogP contribution in [0.25, 0.3) is 39.4 Å². The molecule has 1 amide bonds. The van der Waals surface area contributed by atoms with E-state index in [1.165, 1.54) is 18.2 Å². The second-order valence-corrected chi connectivity index (χ2v) is 13.1. The van der Waals surface area contributed by atoms with Gasteiger partial charge in [0.15, 0.2) is 0 Å². The van der Waals surface area contributed by atoms with Crippen molar-refractivity contribution in [3.8, 4) is 34.4 Å². The Morgan fingerprint density at radius 2 is 1.80 bits per heavy atom. The van der Waals surface area contributed by atoms with Crippen molar-refractivity contribution in [3.05, 3.63) is 101 Å². The lowest BCUT2D eigenvalue weighted by Crippen LogP contribution is -2.42. The molecular formula is C38H36FN9O3. The number of nitrogens with one attached hydrogen (secondary N) is 2. The predicted molar refractivity (Wildman–Crippen MR) is 189 cm³/mol. The van der Waals surface area contributed by atoms with Gasteiger partial charge in [-0.1, -0.05) is 41.6 Å². The Hall–Kier alpha value is -5.99. The molecule has 0 saturated carbocycles. The van der Waals surface area contributed by atoms with E-state index in [1.807, 2.05) is 48.5 Å². The second-order valence-electron chi connectivity index (χ2n) is 13.1. The number of carbonyl (C=O) groups is 1. The molecule has 0 unspecified atom stereocenters. The van der Waals surface area contributed by atoms with Crippen molar-refractivity contribution >= 4 is 28.8 Å². The highest BCUT2D eigenvalue weighted by molar-refractivity contribution is 5.93. The van der Waals surface area contributed by atoms with Crippen LogP contribution >= 0.6 is 0 Å². The van der Waals surface area contributed by atoms with Gasteiger partial charge in [-0.3, -0.25) is 10.0 Å². The third kappa shape index (κ3) is 7.92. The molecule has 0 radical (unpaired) electrons. The zero-order valence-corrected chi connectivity index (χ0v) is 28.1. The maximum absolute atomic E-state index is 15.0. The summed E-state index contributed by atoms with van der Waals surface area (Å²) in [5.41, 5.74) is 6.29. The van der Waals surface area contributed by atoms with E-state index in [0.717, 1.165) is 29.5 Å². The average Bonchev–Trinajstić information content (AvgIpc) is 3.53. The lowest BCUT2D eigenvalue weighted by atomic mass is 9.91. The summed E-state index contributed by atoms with van der Waals surface area (Å²) in [4.78, 5) is 18.1. The highest BCUT2D eigenvalue weighted by atomic mass is 19.1. The number of amides is 1. The fraction of sp³-hybridized carbons (Fsp3) is 0.263. The topological polar surface area (TPSA) is 176 Å². The molecule has 12 nitrogen and oxygen atoms in total. The van der Waals surface area contributed by atoms with Gasteiger partial charge in [0.2, 0.25) is 0 Å². The van der Waals surface area contributed by atoms with E-state index < -0.39 is 17.3 Å². The molecule has 1 fully saturated rings. The summed E-state index contributed by atoms with van der Waals surface area (Å²) in [6.07, 6.45) is 6.18. The summed E-state index contributed by atoms with van der Waals surface area (Å²) in [5, 5.41) is 51.1. The molecule has 3 heterocycles. The van der Waals surface area contributed by atoms with E-state index in [0.29, 0.717) is 58.8 Å². The van der Waals surface area contributed by atoms with Gasteiger partial charge in [0.1, 0.15) is 34.9 Å². The zero-order chi connectivity index (χ0) is 36.1. The van der Waals surface area contributed by atoms with Crippen molar-refractivity contribution in [2.45, 2.75) is 51.4 Å². The first-order valence-corrected chi connectivity index (χ1v) is 16.5. The number of hydroxylamine groups is 1. The van der Waals surface area contributed by atoms with Crippen LogP contribution in [0.2, 0.25) is 0 Å². The lowest BCUT2D eigenvalue weighted by molar-refractivity contribution is -0.124. The van der Waals surface area contributed by atoms with Crippen molar-refractivity contribution in [2.24, 2.45) is 0 Å². The van der Waals surface area contributed by atoms with Gasteiger partial charge >= 0.3 is 0 Å². The third-order valence-electron chi connectivity index (χ3n) is 8.82. The molecule has 6 rings (SSSR count). The van der Waals surface area contributed by atoms with Crippen molar-refractivity contribution in [2.75, 3.05) is 18.0 Å². The van der Waals surface area contributed by atoms with Crippen LogP contribution in [0.3, 0.4) is 0 Å². The highest BCUT2D eigenvalue weighted by Gasteiger charge is 2.26. The molecule has 13 heteroatoms. The number of fused-ring (bicyclic) bond motifs is 1. The van der Waals surface area contributed by atoms with Gasteiger partial charge in [-0.25, -0.2) is 19.5 Å². The summed E-state index contributed by atoms with van der Waals surface area (Å²) in [6.45, 7) is 5.59. The van der Waals surface area contributed by atoms with Crippen LogP contribution in [-0.4, -0.2) is 60.9 Å². The van der Waals surface area contributed by atoms with E-state index in [9.17, 15) is 20.4 Å². The van der Waals surface area contributed by atoms with E-state index in [4.69, 9.17) is 10.2 Å². The quantitative estimate of drug-likeness (QED) is 0.0880. The fourth-order valence-corrected chi connectivity index (χ4v) is 6.26. The SMILES string of the molecule is CC(C)(O)Cn1nnc2cc(-c3cnc(N4CCC(NCc5ccc(/C=C/C(=O)NO)cc5)CC4)c(C#N)c3-c3ccc(C#N)c(F)c3)ccc21. The number of aromatic nitrogens is 4. The monoisotopic (exact) mass is 685 g/mol. The van der Waals surface area contributed by atoms with Crippen LogP contribution in [-0.2, 0) is 17.9 Å². The first-order chi connectivity index (χ1) is 24.6. The fourth-order valence-electron chi connectivity index (χ4n) is 6.26. The van der Waals surface area contributed by atoms with E-state index >= 15 is 4.39 Å². The molecule has 51 heavy (non-hydrogen) atoms. The zero-order valence-electron chi connectivity index (χ0n) is 28.1. The Labute approximate surface area is 294 Å². The number of hydrogen-bond donors (Lipinski definition) is 4. The van der Waals surface area contributed by atoms with Gasteiger partial charge in [-0.2, -0.15) is 10.5 Å². The second kappa shape index (κ2) is 14.9. The number of hydrogen-bond acceptors (Lipinski definition) is 10. The Morgan fingerprint density at radius 1 is 1.06 bits per heavy atom. The highest BCUT2D eigenvalue weighted by Crippen LogP contribution is 2.40. The smallest absolute Gasteiger partial charge is 0.267 e. The van der Waals surface area contributed by atoms with Crippen LogP contribution in [0.1, 0.15) is 48.9 Å². The number of nitriles is 2. The van der Waals surface area contributed by atoms with Crippen LogP contribution in [0, 0.1) is 28.5 Å². The summed E-state index contributed by atoms with van der Waals surface area (Å²) in [5.74, 6) is -0.765. The molecule has 1 aliphatic heterocycles. The van der Waals surface area contributed by atoms with Crippen LogP contribution in [0.4, 0.5) is 10.2 Å². The number of rotatable bonds is 10. The lowest BCUT2D eigenvalue weighted by Gasteiger charge is -2.34. The molecule has 0 bridgehead atoms. The first kappa shape index (κ1) is 34.9. The summed E-state index contributed by atoms with van der Waals surface area (Å²) in [7, 11) is 0. The molecule has 4 N–H and O–H groups in total. The van der Waals surface area contributed by atoms with Crippen LogP contribution in [0.15, 0.2) is 72.9 Å². The number of anilines is 1. The molecule has 258 valence electrons. The normalized spacial score (nSPS) is 13.7. The number of piperidine rings is 1. The van der Waals surface area contributed by atoms with Gasteiger partial charge in [0, 0.05) is 49.1 Å². The maximum Gasteiger partial charge on any atom is 0.267 e. The minimum Gasteiger partial charge on any atom is -0.389 e. The van der Waals surface area contributed by atoms with Crippen LogP contribution in [0.5, 0.6) is 0 Å². The minimum atomic E-state index is -0.993. The molecule has 0 atom stereocenters. The molecule has 1 saturated heterocycles. The number of carbonyl (C=O) groups excluding carboxylic acids is 1. The maximum atomic E-state index is 15.0. The minimum absolute atomic E-state index is 0.0904. The van der Waals surface area contributed by atoms with E-state index in [2.05, 4.69) is 26.6 Å². The molecule has 5 aromatic rings. The largest absolute Gasteiger partial charge is 0.389 e. The average molecular weight is 686 g/mol. The van der Waals surface area contributed by atoms with E-state index in [1.54, 1.807) is 42.3 Å². The van der Waals surface area contributed by atoms with Gasteiger partial charge in [-0.05, 0) is 79.3 Å². The number of nitrogens with zero attached hydrogens (tertiary/aromatic N) is 7. The van der Waals surface area contributed by atoms with Gasteiger partial charge in [0.05, 0.1) is 23.2 Å². The van der Waals surface area contributed by atoms with Crippen LogP contribution < -0.4 is 15.7 Å². The predicted octanol–water partition coefficient (Wildman–Crippen LogP) is 5.09. The molecule has 3 aromatic carbocycles. The Balaban J connectivity index is 1.25. The summed E-state index contributed by atoms with van der Waals surface area (Å²) >= 11 is 0. The Morgan fingerprint density at radius 3 is 2.47 bits per heavy atom. The molecule has 2 aromatic heterocycles. The Kier molecular flexibility index (Phi) is 10.2. The molecule has 0 spiro atoms. The Bertz CT molecular complexity index is 2190. The first-order valence-electron chi connectivity index (χ1n) is 16.5. The number of pyridine rings is 1. The van der Waals surface area contributed by atoms with Crippen molar-refractivity contribution in [1.29, 1.82) is 10.5 Å². The number of aliphatic hydroxyl groups is 1. The molecule has 0 aliphatic carbocycles. The summed E-state index contributed by atoms with van der Waals surface area (Å²) in [6, 6.07) is 22.1. The van der Waals surface area contributed by atoms with Gasteiger partial charge < -0.3 is 15.3 Å².